The number of carbonyl (C=O) groups excluding carboxylic acids is 1. The number of thiocarbonyl (C=S) groups is 1. The molecule has 0 fully saturated rings. The number of rotatable bonds is 4. The normalized spacial score (nSPS) is 10.0. The lowest BCUT2D eigenvalue weighted by molar-refractivity contribution is -0.123. The first-order valence-corrected chi connectivity index (χ1v) is 7.41. The third-order valence-corrected chi connectivity index (χ3v) is 3.23. The number of benzene rings is 1. The van der Waals surface area contributed by atoms with Gasteiger partial charge in [0.2, 0.25) is 0 Å². The average Bonchev–Trinajstić information content (AvgIpc) is 2.82. The number of hydrazine groups is 1. The van der Waals surface area contributed by atoms with Crippen LogP contribution in [0.15, 0.2) is 30.5 Å². The number of hydrogen-bond donors (Lipinski definition) is 3. The molecule has 0 bridgehead atoms. The third kappa shape index (κ3) is 4.96. The highest BCUT2D eigenvalue weighted by molar-refractivity contribution is 7.80. The van der Waals surface area contributed by atoms with Crippen LogP contribution in [0.5, 0.6) is 5.75 Å². The second-order valence-corrected chi connectivity index (χ2v) is 5.39. The van der Waals surface area contributed by atoms with Crippen molar-refractivity contribution < 1.29 is 9.53 Å². The number of aryl methyl sites for hydroxylation is 3. The molecular weight excluding hydrogens is 314 g/mol. The first-order valence-electron chi connectivity index (χ1n) is 7.00. The van der Waals surface area contributed by atoms with Gasteiger partial charge in [-0.15, -0.1) is 0 Å². The highest BCUT2D eigenvalue weighted by Gasteiger charge is 2.07. The van der Waals surface area contributed by atoms with E-state index in [4.69, 9.17) is 17.0 Å². The number of amides is 1. The summed E-state index contributed by atoms with van der Waals surface area (Å²) in [5, 5.41) is 7.41. The maximum Gasteiger partial charge on any atom is 0.276 e. The molecule has 2 aromatic rings. The predicted molar refractivity (Wildman–Crippen MR) is 92.1 cm³/mol. The van der Waals surface area contributed by atoms with E-state index in [2.05, 4.69) is 21.3 Å². The standard InChI is InChI=1S/C15H19N5O2S/c1-10-6-4-5-7-13(10)22-9-14(21)17-18-15(23)16-12-8-20(3)19-11(12)2/h4-8H,9H2,1-3H3,(H,17,21)(H2,16,18,23). The Bertz CT molecular complexity index is 714. The van der Waals surface area contributed by atoms with Gasteiger partial charge in [0.25, 0.3) is 5.91 Å². The van der Waals surface area contributed by atoms with Gasteiger partial charge in [-0.3, -0.25) is 20.3 Å². The van der Waals surface area contributed by atoms with Crippen LogP contribution in [0, 0.1) is 13.8 Å². The van der Waals surface area contributed by atoms with Crippen LogP contribution < -0.4 is 20.9 Å². The zero-order chi connectivity index (χ0) is 16.8. The van der Waals surface area contributed by atoms with Crippen LogP contribution in [0.2, 0.25) is 0 Å². The lowest BCUT2D eigenvalue weighted by atomic mass is 10.2. The van der Waals surface area contributed by atoms with Gasteiger partial charge in [-0.1, -0.05) is 18.2 Å². The van der Waals surface area contributed by atoms with Gasteiger partial charge < -0.3 is 10.1 Å². The predicted octanol–water partition coefficient (Wildman–Crippen LogP) is 1.43. The highest BCUT2D eigenvalue weighted by atomic mass is 32.1. The van der Waals surface area contributed by atoms with E-state index in [0.29, 0.717) is 5.75 Å². The molecular formula is C15H19N5O2S. The van der Waals surface area contributed by atoms with Gasteiger partial charge in [-0.05, 0) is 37.7 Å². The summed E-state index contributed by atoms with van der Waals surface area (Å²) in [6, 6.07) is 7.50. The minimum atomic E-state index is -0.333. The lowest BCUT2D eigenvalue weighted by Gasteiger charge is -2.12. The molecule has 1 amide bonds. The Morgan fingerprint density at radius 2 is 2.04 bits per heavy atom. The monoisotopic (exact) mass is 333 g/mol. The Labute approximate surface area is 140 Å². The molecule has 0 aliphatic heterocycles. The molecule has 7 nitrogen and oxygen atoms in total. The van der Waals surface area contributed by atoms with E-state index in [0.717, 1.165) is 16.9 Å². The van der Waals surface area contributed by atoms with E-state index in [1.54, 1.807) is 10.9 Å². The molecule has 0 unspecified atom stereocenters. The SMILES string of the molecule is Cc1ccccc1OCC(=O)NNC(=S)Nc1cn(C)nc1C. The number of aromatic nitrogens is 2. The zero-order valence-electron chi connectivity index (χ0n) is 13.2. The van der Waals surface area contributed by atoms with Crippen LogP contribution in [0.4, 0.5) is 5.69 Å². The van der Waals surface area contributed by atoms with Crippen LogP contribution in [0.3, 0.4) is 0 Å². The van der Waals surface area contributed by atoms with Gasteiger partial charge in [0, 0.05) is 13.2 Å². The molecule has 122 valence electrons. The maximum absolute atomic E-state index is 11.8. The van der Waals surface area contributed by atoms with Crippen molar-refractivity contribution in [3.63, 3.8) is 0 Å². The van der Waals surface area contributed by atoms with Crippen molar-refractivity contribution in [2.24, 2.45) is 7.05 Å². The van der Waals surface area contributed by atoms with E-state index >= 15 is 0 Å². The molecule has 1 aromatic heterocycles. The van der Waals surface area contributed by atoms with Gasteiger partial charge in [-0.2, -0.15) is 5.10 Å². The topological polar surface area (TPSA) is 80.2 Å². The summed E-state index contributed by atoms with van der Waals surface area (Å²) in [6.45, 7) is 3.67. The fraction of sp³-hybridized carbons (Fsp3) is 0.267. The van der Waals surface area contributed by atoms with Crippen LogP contribution in [0.1, 0.15) is 11.3 Å². The Morgan fingerprint density at radius 3 is 2.70 bits per heavy atom. The molecule has 0 saturated carbocycles. The van der Waals surface area contributed by atoms with Crippen molar-refractivity contribution in [3.8, 4) is 5.75 Å². The van der Waals surface area contributed by atoms with Crippen molar-refractivity contribution in [2.45, 2.75) is 13.8 Å². The van der Waals surface area contributed by atoms with Gasteiger partial charge in [0.15, 0.2) is 11.7 Å². The van der Waals surface area contributed by atoms with Crippen LogP contribution in [-0.2, 0) is 11.8 Å². The number of para-hydroxylation sites is 1. The van der Waals surface area contributed by atoms with Crippen LogP contribution >= 0.6 is 12.2 Å². The largest absolute Gasteiger partial charge is 0.483 e. The summed E-state index contributed by atoms with van der Waals surface area (Å²) in [7, 11) is 1.82. The Balaban J connectivity index is 1.75. The molecule has 1 heterocycles. The number of carbonyl (C=O) groups is 1. The molecule has 1 aromatic carbocycles. The molecule has 0 spiro atoms. The van der Waals surface area contributed by atoms with Crippen molar-refractivity contribution in [1.82, 2.24) is 20.6 Å². The molecule has 8 heteroatoms. The minimum Gasteiger partial charge on any atom is -0.483 e. The summed E-state index contributed by atoms with van der Waals surface area (Å²) >= 11 is 5.11. The van der Waals surface area contributed by atoms with Gasteiger partial charge in [0.1, 0.15) is 5.75 Å². The fourth-order valence-corrected chi connectivity index (χ4v) is 2.06. The van der Waals surface area contributed by atoms with Crippen molar-refractivity contribution in [2.75, 3.05) is 11.9 Å². The Kier molecular flexibility index (Phi) is 5.53. The van der Waals surface area contributed by atoms with E-state index in [-0.39, 0.29) is 17.6 Å². The molecule has 0 aliphatic carbocycles. The number of anilines is 1. The number of nitrogens with zero attached hydrogens (tertiary/aromatic N) is 2. The molecule has 23 heavy (non-hydrogen) atoms. The quantitative estimate of drug-likeness (QED) is 0.580. The lowest BCUT2D eigenvalue weighted by Crippen LogP contribution is -2.45. The molecule has 0 radical (unpaired) electrons. The molecule has 2 rings (SSSR count). The van der Waals surface area contributed by atoms with Crippen LogP contribution in [-0.4, -0.2) is 27.4 Å². The summed E-state index contributed by atoms with van der Waals surface area (Å²) in [5.41, 5.74) is 7.65. The summed E-state index contributed by atoms with van der Waals surface area (Å²) < 4.78 is 7.12. The summed E-state index contributed by atoms with van der Waals surface area (Å²) in [6.07, 6.45) is 1.80. The smallest absolute Gasteiger partial charge is 0.276 e. The second kappa shape index (κ2) is 7.59. The molecule has 0 saturated heterocycles. The number of hydrogen-bond acceptors (Lipinski definition) is 4. The molecule has 0 aliphatic rings. The maximum atomic E-state index is 11.8. The van der Waals surface area contributed by atoms with Gasteiger partial charge in [0.05, 0.1) is 11.4 Å². The van der Waals surface area contributed by atoms with Gasteiger partial charge >= 0.3 is 0 Å². The third-order valence-electron chi connectivity index (χ3n) is 3.03. The highest BCUT2D eigenvalue weighted by Crippen LogP contribution is 2.15. The first-order chi connectivity index (χ1) is 11.0. The molecule has 0 atom stereocenters. The molecule has 3 N–H and O–H groups in total. The second-order valence-electron chi connectivity index (χ2n) is 4.98. The number of ether oxygens (including phenoxy) is 1. The van der Waals surface area contributed by atoms with Crippen LogP contribution in [0.25, 0.3) is 0 Å². The Hall–Kier alpha value is -2.61. The summed E-state index contributed by atoms with van der Waals surface area (Å²) in [5.74, 6) is 0.342. The Morgan fingerprint density at radius 1 is 1.30 bits per heavy atom. The minimum absolute atomic E-state index is 0.105. The van der Waals surface area contributed by atoms with Crippen molar-refractivity contribution >= 4 is 28.9 Å². The van der Waals surface area contributed by atoms with E-state index in [1.807, 2.05) is 45.2 Å². The fourth-order valence-electron chi connectivity index (χ4n) is 1.90. The zero-order valence-corrected chi connectivity index (χ0v) is 14.0. The number of nitrogens with one attached hydrogen (secondary N) is 3. The first kappa shape index (κ1) is 16.8. The average molecular weight is 333 g/mol. The van der Waals surface area contributed by atoms with E-state index < -0.39 is 0 Å². The summed E-state index contributed by atoms with van der Waals surface area (Å²) in [4.78, 5) is 11.8. The van der Waals surface area contributed by atoms with Crippen molar-refractivity contribution in [3.05, 3.63) is 41.7 Å². The van der Waals surface area contributed by atoms with E-state index in [1.165, 1.54) is 0 Å². The van der Waals surface area contributed by atoms with E-state index in [9.17, 15) is 4.79 Å². The van der Waals surface area contributed by atoms with Crippen molar-refractivity contribution in [1.29, 1.82) is 0 Å². The van der Waals surface area contributed by atoms with Gasteiger partial charge in [-0.25, -0.2) is 0 Å².